The van der Waals surface area contributed by atoms with E-state index >= 15 is 0 Å². The summed E-state index contributed by atoms with van der Waals surface area (Å²) in [5, 5.41) is 8.02. The van der Waals surface area contributed by atoms with E-state index in [9.17, 15) is 9.59 Å². The van der Waals surface area contributed by atoms with Crippen LogP contribution in [-0.2, 0) is 17.6 Å². The lowest BCUT2D eigenvalue weighted by atomic mass is 9.95. The number of rotatable bonds is 4. The van der Waals surface area contributed by atoms with Crippen molar-refractivity contribution in [2.24, 2.45) is 0 Å². The zero-order valence-corrected chi connectivity index (χ0v) is 17.1. The van der Waals surface area contributed by atoms with Gasteiger partial charge >= 0.3 is 5.63 Å². The number of amides is 1. The van der Waals surface area contributed by atoms with Gasteiger partial charge in [0, 0.05) is 47.4 Å². The molecule has 5 rings (SSSR count). The molecule has 3 heterocycles. The van der Waals surface area contributed by atoms with Gasteiger partial charge in [0.25, 0.3) is 5.91 Å². The summed E-state index contributed by atoms with van der Waals surface area (Å²) in [6.07, 6.45) is 6.42. The minimum atomic E-state index is -0.246. The number of aromatic nitrogens is 2. The Morgan fingerprint density at radius 3 is 2.97 bits per heavy atom. The molecular weight excluding hydrogens is 382 g/mol. The molecule has 1 amide bonds. The zero-order valence-electron chi connectivity index (χ0n) is 17.1. The molecule has 0 radical (unpaired) electrons. The van der Waals surface area contributed by atoms with E-state index in [4.69, 9.17) is 9.15 Å². The lowest BCUT2D eigenvalue weighted by molar-refractivity contribution is -0.134. The van der Waals surface area contributed by atoms with Crippen molar-refractivity contribution < 1.29 is 13.9 Å². The Morgan fingerprint density at radius 2 is 2.13 bits per heavy atom. The number of hydrogen-bond donors (Lipinski definition) is 1. The molecule has 1 fully saturated rings. The third kappa shape index (κ3) is 3.28. The molecule has 7 nitrogen and oxygen atoms in total. The number of nitrogens with one attached hydrogen (secondary N) is 1. The van der Waals surface area contributed by atoms with Crippen LogP contribution in [-0.4, -0.2) is 40.7 Å². The SMILES string of the molecule is Cc1c(OCC(=O)N2CCCC(c3ccn[nH]3)C2)ccc2c3c(c(=O)oc12)CCC3. The van der Waals surface area contributed by atoms with E-state index in [1.54, 1.807) is 6.20 Å². The predicted octanol–water partition coefficient (Wildman–Crippen LogP) is 3.10. The van der Waals surface area contributed by atoms with E-state index < -0.39 is 0 Å². The Labute approximate surface area is 174 Å². The molecule has 2 aliphatic rings. The maximum absolute atomic E-state index is 12.8. The summed E-state index contributed by atoms with van der Waals surface area (Å²) >= 11 is 0. The first kappa shape index (κ1) is 18.9. The van der Waals surface area contributed by atoms with Crippen LogP contribution in [0.15, 0.2) is 33.6 Å². The highest BCUT2D eigenvalue weighted by Crippen LogP contribution is 2.33. The predicted molar refractivity (Wildman–Crippen MR) is 112 cm³/mol. The molecule has 156 valence electrons. The van der Waals surface area contributed by atoms with Gasteiger partial charge in [-0.2, -0.15) is 5.10 Å². The van der Waals surface area contributed by atoms with E-state index in [1.807, 2.05) is 30.0 Å². The molecule has 0 bridgehead atoms. The van der Waals surface area contributed by atoms with Crippen molar-refractivity contribution in [1.82, 2.24) is 15.1 Å². The second-order valence-electron chi connectivity index (χ2n) is 8.25. The number of nitrogens with zero attached hydrogens (tertiary/aromatic N) is 2. The van der Waals surface area contributed by atoms with Crippen molar-refractivity contribution in [3.05, 3.63) is 57.2 Å². The second kappa shape index (κ2) is 7.63. The molecular formula is C23H25N3O4. The zero-order chi connectivity index (χ0) is 20.7. The number of piperidine rings is 1. The number of ether oxygens (including phenoxy) is 1. The van der Waals surface area contributed by atoms with E-state index in [0.29, 0.717) is 17.9 Å². The molecule has 7 heteroatoms. The number of hydrogen-bond acceptors (Lipinski definition) is 5. The first-order valence-electron chi connectivity index (χ1n) is 10.6. The van der Waals surface area contributed by atoms with Crippen LogP contribution < -0.4 is 10.4 Å². The molecule has 2 aromatic heterocycles. The van der Waals surface area contributed by atoms with Gasteiger partial charge in [-0.15, -0.1) is 0 Å². The third-order valence-corrected chi connectivity index (χ3v) is 6.43. The molecule has 1 atom stereocenters. The van der Waals surface area contributed by atoms with Gasteiger partial charge in [-0.25, -0.2) is 4.79 Å². The summed E-state index contributed by atoms with van der Waals surface area (Å²) in [6, 6.07) is 5.80. The molecule has 0 spiro atoms. The van der Waals surface area contributed by atoms with Crippen molar-refractivity contribution in [1.29, 1.82) is 0 Å². The van der Waals surface area contributed by atoms with Gasteiger partial charge in [0.1, 0.15) is 11.3 Å². The topological polar surface area (TPSA) is 88.4 Å². The van der Waals surface area contributed by atoms with Crippen LogP contribution in [0, 0.1) is 6.92 Å². The van der Waals surface area contributed by atoms with Crippen LogP contribution in [0.1, 0.15) is 47.6 Å². The van der Waals surface area contributed by atoms with Gasteiger partial charge < -0.3 is 14.1 Å². The van der Waals surface area contributed by atoms with Crippen LogP contribution in [0.4, 0.5) is 0 Å². The maximum Gasteiger partial charge on any atom is 0.339 e. The number of carbonyl (C=O) groups is 1. The van der Waals surface area contributed by atoms with E-state index in [-0.39, 0.29) is 24.1 Å². The number of aryl methyl sites for hydroxylation is 2. The molecule has 1 aliphatic heterocycles. The van der Waals surface area contributed by atoms with Gasteiger partial charge in [-0.1, -0.05) is 0 Å². The normalized spacial score (nSPS) is 18.6. The molecule has 1 aliphatic carbocycles. The smallest absolute Gasteiger partial charge is 0.339 e. The second-order valence-corrected chi connectivity index (χ2v) is 8.25. The largest absolute Gasteiger partial charge is 0.483 e. The molecule has 0 saturated carbocycles. The lowest BCUT2D eigenvalue weighted by Crippen LogP contribution is -2.41. The first-order valence-corrected chi connectivity index (χ1v) is 10.6. The van der Waals surface area contributed by atoms with Crippen LogP contribution in [0.2, 0.25) is 0 Å². The minimum absolute atomic E-state index is 0.0305. The molecule has 1 N–H and O–H groups in total. The molecule has 1 saturated heterocycles. The third-order valence-electron chi connectivity index (χ3n) is 6.43. The average molecular weight is 407 g/mol. The number of likely N-dealkylation sites (tertiary alicyclic amines) is 1. The monoisotopic (exact) mass is 407 g/mol. The highest BCUT2D eigenvalue weighted by atomic mass is 16.5. The molecule has 3 aromatic rings. The average Bonchev–Trinajstić information content (AvgIpc) is 3.46. The fourth-order valence-corrected chi connectivity index (χ4v) is 4.80. The van der Waals surface area contributed by atoms with Crippen molar-refractivity contribution in [2.45, 2.75) is 44.9 Å². The van der Waals surface area contributed by atoms with E-state index in [0.717, 1.165) is 66.4 Å². The fourth-order valence-electron chi connectivity index (χ4n) is 4.80. The van der Waals surface area contributed by atoms with Crippen LogP contribution in [0.25, 0.3) is 11.0 Å². The number of aromatic amines is 1. The van der Waals surface area contributed by atoms with Gasteiger partial charge in [0.05, 0.1) is 0 Å². The fraction of sp³-hybridized carbons (Fsp3) is 0.435. The Kier molecular flexibility index (Phi) is 4.81. The van der Waals surface area contributed by atoms with Crippen LogP contribution in [0.5, 0.6) is 5.75 Å². The maximum atomic E-state index is 12.8. The highest BCUT2D eigenvalue weighted by molar-refractivity contribution is 5.86. The van der Waals surface area contributed by atoms with Gasteiger partial charge in [0.15, 0.2) is 6.61 Å². The van der Waals surface area contributed by atoms with Crippen molar-refractivity contribution >= 4 is 16.9 Å². The number of carbonyl (C=O) groups excluding carboxylic acids is 1. The number of benzene rings is 1. The van der Waals surface area contributed by atoms with Gasteiger partial charge in [-0.05, 0) is 62.8 Å². The van der Waals surface area contributed by atoms with Crippen LogP contribution in [0.3, 0.4) is 0 Å². The molecule has 1 unspecified atom stereocenters. The summed E-state index contributed by atoms with van der Waals surface area (Å²) in [7, 11) is 0. The lowest BCUT2D eigenvalue weighted by Gasteiger charge is -2.32. The van der Waals surface area contributed by atoms with E-state index in [2.05, 4.69) is 10.2 Å². The Balaban J connectivity index is 1.31. The standard InChI is InChI=1S/C23H25N3O4/c1-14-20(8-7-17-16-5-2-6-18(16)23(28)30-22(14)17)29-13-21(27)26-11-3-4-15(12-26)19-9-10-24-25-19/h7-10,15H,2-6,11-13H2,1H3,(H,24,25). The van der Waals surface area contributed by atoms with Gasteiger partial charge in [-0.3, -0.25) is 9.89 Å². The molecule has 30 heavy (non-hydrogen) atoms. The van der Waals surface area contributed by atoms with Crippen LogP contribution >= 0.6 is 0 Å². The Bertz CT molecular complexity index is 1150. The minimum Gasteiger partial charge on any atom is -0.483 e. The summed E-state index contributed by atoms with van der Waals surface area (Å²) in [5.74, 6) is 0.831. The van der Waals surface area contributed by atoms with E-state index in [1.165, 1.54) is 0 Å². The Morgan fingerprint density at radius 1 is 1.27 bits per heavy atom. The van der Waals surface area contributed by atoms with Crippen molar-refractivity contribution in [3.63, 3.8) is 0 Å². The first-order chi connectivity index (χ1) is 14.6. The quantitative estimate of drug-likeness (QED) is 0.672. The van der Waals surface area contributed by atoms with Gasteiger partial charge in [0.2, 0.25) is 0 Å². The molecule has 1 aromatic carbocycles. The van der Waals surface area contributed by atoms with Crippen molar-refractivity contribution in [3.8, 4) is 5.75 Å². The summed E-state index contributed by atoms with van der Waals surface area (Å²) < 4.78 is 11.5. The summed E-state index contributed by atoms with van der Waals surface area (Å²) in [4.78, 5) is 26.9. The highest BCUT2D eigenvalue weighted by Gasteiger charge is 2.26. The summed E-state index contributed by atoms with van der Waals surface area (Å²) in [6.45, 7) is 3.26. The van der Waals surface area contributed by atoms with Crippen molar-refractivity contribution in [2.75, 3.05) is 19.7 Å². The number of H-pyrrole nitrogens is 1. The number of fused-ring (bicyclic) bond motifs is 3. The Hall–Kier alpha value is -3.09. The summed E-state index contributed by atoms with van der Waals surface area (Å²) in [5.41, 5.74) is 4.07.